The Labute approximate surface area is 119 Å². The van der Waals surface area contributed by atoms with E-state index in [4.69, 9.17) is 9.47 Å². The summed E-state index contributed by atoms with van der Waals surface area (Å²) >= 11 is 0. The molecular formula is C15H20N2O3. The Morgan fingerprint density at radius 2 is 2.15 bits per heavy atom. The lowest BCUT2D eigenvalue weighted by Crippen LogP contribution is -2.45. The van der Waals surface area contributed by atoms with E-state index in [0.717, 1.165) is 22.8 Å². The summed E-state index contributed by atoms with van der Waals surface area (Å²) in [6.07, 6.45) is 0. The van der Waals surface area contributed by atoms with Gasteiger partial charge in [0.25, 0.3) is 0 Å². The van der Waals surface area contributed by atoms with Crippen molar-refractivity contribution in [2.75, 3.05) is 20.8 Å². The Kier molecular flexibility index (Phi) is 4.17. The Balaban J connectivity index is 2.44. The number of allylic oxidation sites excluding steroid dienone is 1. The summed E-state index contributed by atoms with van der Waals surface area (Å²) in [6, 6.07) is 7.20. The van der Waals surface area contributed by atoms with Crippen molar-refractivity contribution in [3.05, 3.63) is 41.3 Å². The van der Waals surface area contributed by atoms with E-state index in [-0.39, 0.29) is 12.1 Å². The van der Waals surface area contributed by atoms with Gasteiger partial charge < -0.3 is 14.8 Å². The van der Waals surface area contributed by atoms with Crippen molar-refractivity contribution >= 4 is 6.03 Å². The molecule has 1 aromatic rings. The Morgan fingerprint density at radius 3 is 2.80 bits per heavy atom. The molecule has 0 radical (unpaired) electrons. The topological polar surface area (TPSA) is 50.8 Å². The van der Waals surface area contributed by atoms with E-state index in [9.17, 15) is 4.79 Å². The lowest BCUT2D eigenvalue weighted by Gasteiger charge is -2.33. The van der Waals surface area contributed by atoms with Crippen molar-refractivity contribution in [3.63, 3.8) is 0 Å². The molecule has 108 valence electrons. The van der Waals surface area contributed by atoms with Crippen molar-refractivity contribution in [1.29, 1.82) is 0 Å². The summed E-state index contributed by atoms with van der Waals surface area (Å²) in [4.78, 5) is 13.5. The van der Waals surface area contributed by atoms with Gasteiger partial charge in [0.1, 0.15) is 17.6 Å². The molecule has 20 heavy (non-hydrogen) atoms. The zero-order valence-electron chi connectivity index (χ0n) is 12.3. The molecule has 0 bridgehead atoms. The van der Waals surface area contributed by atoms with Crippen molar-refractivity contribution in [3.8, 4) is 5.75 Å². The van der Waals surface area contributed by atoms with E-state index >= 15 is 0 Å². The molecule has 1 aliphatic rings. The lowest BCUT2D eigenvalue weighted by molar-refractivity contribution is 0.160. The number of benzene rings is 1. The fraction of sp³-hybridized carbons (Fsp3) is 0.400. The highest BCUT2D eigenvalue weighted by Gasteiger charge is 2.31. The van der Waals surface area contributed by atoms with Gasteiger partial charge in [-0.15, -0.1) is 0 Å². The van der Waals surface area contributed by atoms with Crippen LogP contribution < -0.4 is 10.1 Å². The first kappa shape index (κ1) is 14.2. The molecule has 0 saturated carbocycles. The van der Waals surface area contributed by atoms with Gasteiger partial charge in [-0.25, -0.2) is 4.79 Å². The highest BCUT2D eigenvalue weighted by Crippen LogP contribution is 2.31. The summed E-state index contributed by atoms with van der Waals surface area (Å²) in [7, 11) is 3.35. The minimum absolute atomic E-state index is 0.140. The van der Waals surface area contributed by atoms with E-state index in [1.54, 1.807) is 19.1 Å². The molecule has 1 aromatic carbocycles. The number of nitrogens with zero attached hydrogens (tertiary/aromatic N) is 1. The van der Waals surface area contributed by atoms with Crippen molar-refractivity contribution in [2.24, 2.45) is 0 Å². The molecule has 1 atom stereocenters. The van der Waals surface area contributed by atoms with Gasteiger partial charge in [0.2, 0.25) is 0 Å². The average Bonchev–Trinajstić information content (AvgIpc) is 2.47. The van der Waals surface area contributed by atoms with Crippen LogP contribution in [0.3, 0.4) is 0 Å². The molecule has 0 fully saturated rings. The molecule has 5 nitrogen and oxygen atoms in total. The van der Waals surface area contributed by atoms with Crippen LogP contribution in [0.5, 0.6) is 5.75 Å². The Morgan fingerprint density at radius 1 is 1.40 bits per heavy atom. The van der Waals surface area contributed by atoms with Crippen molar-refractivity contribution in [1.82, 2.24) is 10.2 Å². The first-order valence-electron chi connectivity index (χ1n) is 6.60. The number of methoxy groups -OCH3 is 1. The molecule has 5 heteroatoms. The van der Waals surface area contributed by atoms with Crippen LogP contribution in [0.15, 0.2) is 35.7 Å². The number of hydrogen-bond donors (Lipinski definition) is 1. The SMILES string of the molecule is CCOC1=C(C)N(C)C(=O)N[C@H]1c1cccc(OC)c1. The Hall–Kier alpha value is -2.17. The van der Waals surface area contributed by atoms with Gasteiger partial charge in [0.15, 0.2) is 0 Å². The quantitative estimate of drug-likeness (QED) is 0.919. The fourth-order valence-corrected chi connectivity index (χ4v) is 2.21. The van der Waals surface area contributed by atoms with Crippen molar-refractivity contribution in [2.45, 2.75) is 19.9 Å². The van der Waals surface area contributed by atoms with Crippen LogP contribution in [-0.2, 0) is 4.74 Å². The number of carbonyl (C=O) groups is 1. The minimum atomic E-state index is -0.284. The van der Waals surface area contributed by atoms with Crippen LogP contribution in [-0.4, -0.2) is 31.7 Å². The molecule has 1 aliphatic heterocycles. The highest BCUT2D eigenvalue weighted by atomic mass is 16.5. The maximum Gasteiger partial charge on any atom is 0.322 e. The number of nitrogens with one attached hydrogen (secondary N) is 1. The van der Waals surface area contributed by atoms with Gasteiger partial charge in [0, 0.05) is 7.05 Å². The normalized spacial score (nSPS) is 18.9. The van der Waals surface area contributed by atoms with Crippen LogP contribution in [0.4, 0.5) is 4.79 Å². The van der Waals surface area contributed by atoms with Gasteiger partial charge in [-0.3, -0.25) is 4.90 Å². The number of hydrogen-bond acceptors (Lipinski definition) is 3. The van der Waals surface area contributed by atoms with Crippen LogP contribution in [0, 0.1) is 0 Å². The van der Waals surface area contributed by atoms with Gasteiger partial charge in [-0.2, -0.15) is 0 Å². The van der Waals surface area contributed by atoms with Crippen LogP contribution in [0.2, 0.25) is 0 Å². The van der Waals surface area contributed by atoms with Crippen LogP contribution in [0.25, 0.3) is 0 Å². The average molecular weight is 276 g/mol. The lowest BCUT2D eigenvalue weighted by atomic mass is 10.0. The number of ether oxygens (including phenoxy) is 2. The minimum Gasteiger partial charge on any atom is -0.497 e. The van der Waals surface area contributed by atoms with Gasteiger partial charge >= 0.3 is 6.03 Å². The van der Waals surface area contributed by atoms with Gasteiger partial charge in [-0.05, 0) is 31.5 Å². The number of rotatable bonds is 4. The van der Waals surface area contributed by atoms with Gasteiger partial charge in [-0.1, -0.05) is 12.1 Å². The van der Waals surface area contributed by atoms with E-state index in [1.807, 2.05) is 38.1 Å². The third kappa shape index (κ3) is 2.57. The predicted octanol–water partition coefficient (Wildman–Crippen LogP) is 2.66. The second-order valence-electron chi connectivity index (χ2n) is 4.60. The summed E-state index contributed by atoms with van der Waals surface area (Å²) in [5.41, 5.74) is 1.76. The summed E-state index contributed by atoms with van der Waals surface area (Å²) < 4.78 is 11.0. The zero-order valence-corrected chi connectivity index (χ0v) is 12.3. The van der Waals surface area contributed by atoms with Crippen LogP contribution >= 0.6 is 0 Å². The number of carbonyl (C=O) groups excluding carboxylic acids is 1. The molecule has 2 amide bonds. The second kappa shape index (κ2) is 5.86. The van der Waals surface area contributed by atoms with E-state index in [2.05, 4.69) is 5.32 Å². The standard InChI is InChI=1S/C15H20N2O3/c1-5-20-14-10(2)17(3)15(18)16-13(14)11-7-6-8-12(9-11)19-4/h6-9,13H,5H2,1-4H3,(H,16,18)/t13-/m0/s1. The summed E-state index contributed by atoms with van der Waals surface area (Å²) in [6.45, 7) is 4.37. The molecule has 0 aliphatic carbocycles. The Bertz CT molecular complexity index is 540. The maximum absolute atomic E-state index is 12.0. The van der Waals surface area contributed by atoms with Gasteiger partial charge in [0.05, 0.1) is 19.4 Å². The summed E-state index contributed by atoms with van der Waals surface area (Å²) in [5, 5.41) is 2.95. The molecule has 0 unspecified atom stereocenters. The fourth-order valence-electron chi connectivity index (χ4n) is 2.21. The summed E-state index contributed by atoms with van der Waals surface area (Å²) in [5.74, 6) is 1.52. The monoisotopic (exact) mass is 276 g/mol. The zero-order chi connectivity index (χ0) is 14.7. The smallest absolute Gasteiger partial charge is 0.322 e. The second-order valence-corrected chi connectivity index (χ2v) is 4.60. The van der Waals surface area contributed by atoms with E-state index in [1.165, 1.54) is 0 Å². The van der Waals surface area contributed by atoms with E-state index in [0.29, 0.717) is 6.61 Å². The molecule has 1 heterocycles. The third-order valence-corrected chi connectivity index (χ3v) is 3.42. The van der Waals surface area contributed by atoms with E-state index < -0.39 is 0 Å². The first-order valence-corrected chi connectivity index (χ1v) is 6.60. The number of amides is 2. The molecule has 2 rings (SSSR count). The molecule has 1 N–H and O–H groups in total. The molecule has 0 aromatic heterocycles. The maximum atomic E-state index is 12.0. The molecule has 0 saturated heterocycles. The van der Waals surface area contributed by atoms with Crippen molar-refractivity contribution < 1.29 is 14.3 Å². The largest absolute Gasteiger partial charge is 0.497 e. The first-order chi connectivity index (χ1) is 9.58. The molecule has 0 spiro atoms. The molecular weight excluding hydrogens is 256 g/mol. The predicted molar refractivity (Wildman–Crippen MR) is 76.4 cm³/mol. The number of urea groups is 1. The van der Waals surface area contributed by atoms with Crippen LogP contribution in [0.1, 0.15) is 25.5 Å². The highest BCUT2D eigenvalue weighted by molar-refractivity contribution is 5.78. The third-order valence-electron chi connectivity index (χ3n) is 3.42.